The third kappa shape index (κ3) is 3.19. The molecule has 0 radical (unpaired) electrons. The Labute approximate surface area is 114 Å². The Morgan fingerprint density at radius 2 is 2.26 bits per heavy atom. The number of benzene rings is 1. The standard InChI is InChI=1S/C15H21NO3/c1-10(2)13(15(17)18-3)9-16-12-4-5-14-11(8-12)6-7-19-14/h4-5,8,10,13,16H,6-7,9H2,1-3H3. The van der Waals surface area contributed by atoms with Crippen molar-refractivity contribution in [2.24, 2.45) is 11.8 Å². The zero-order valence-corrected chi connectivity index (χ0v) is 11.7. The summed E-state index contributed by atoms with van der Waals surface area (Å²) in [6.45, 7) is 5.40. The van der Waals surface area contributed by atoms with Crippen molar-refractivity contribution >= 4 is 11.7 Å². The number of anilines is 1. The molecule has 104 valence electrons. The van der Waals surface area contributed by atoms with Gasteiger partial charge in [-0.25, -0.2) is 0 Å². The van der Waals surface area contributed by atoms with Crippen LogP contribution in [0.5, 0.6) is 5.75 Å². The molecule has 1 aromatic carbocycles. The summed E-state index contributed by atoms with van der Waals surface area (Å²) in [7, 11) is 1.43. The minimum absolute atomic E-state index is 0.130. The molecule has 1 unspecified atom stereocenters. The van der Waals surface area contributed by atoms with Crippen LogP contribution in [0.1, 0.15) is 19.4 Å². The third-order valence-corrected chi connectivity index (χ3v) is 3.52. The molecule has 0 saturated carbocycles. The Balaban J connectivity index is 1.99. The number of ether oxygens (including phenoxy) is 2. The second-order valence-corrected chi connectivity index (χ2v) is 5.18. The summed E-state index contributed by atoms with van der Waals surface area (Å²) < 4.78 is 10.3. The second-order valence-electron chi connectivity index (χ2n) is 5.18. The lowest BCUT2D eigenvalue weighted by Gasteiger charge is -2.19. The van der Waals surface area contributed by atoms with Crippen molar-refractivity contribution in [2.45, 2.75) is 20.3 Å². The molecule has 1 aliphatic rings. The number of carbonyl (C=O) groups is 1. The maximum absolute atomic E-state index is 11.7. The molecule has 0 fully saturated rings. The molecule has 0 aromatic heterocycles. The van der Waals surface area contributed by atoms with E-state index in [0.29, 0.717) is 6.54 Å². The van der Waals surface area contributed by atoms with Gasteiger partial charge in [-0.2, -0.15) is 0 Å². The number of esters is 1. The van der Waals surface area contributed by atoms with E-state index in [0.717, 1.165) is 24.5 Å². The molecule has 4 nitrogen and oxygen atoms in total. The summed E-state index contributed by atoms with van der Waals surface area (Å²) in [5.74, 6) is 0.929. The molecular weight excluding hydrogens is 242 g/mol. The van der Waals surface area contributed by atoms with Gasteiger partial charge in [-0.1, -0.05) is 13.8 Å². The molecule has 4 heteroatoms. The van der Waals surface area contributed by atoms with E-state index in [1.54, 1.807) is 0 Å². The lowest BCUT2D eigenvalue weighted by Crippen LogP contribution is -2.28. The first-order chi connectivity index (χ1) is 9.11. The fourth-order valence-electron chi connectivity index (χ4n) is 2.27. The van der Waals surface area contributed by atoms with E-state index in [-0.39, 0.29) is 17.8 Å². The molecule has 0 saturated heterocycles. The van der Waals surface area contributed by atoms with Gasteiger partial charge in [0.2, 0.25) is 0 Å². The molecule has 0 aliphatic carbocycles. The number of methoxy groups -OCH3 is 1. The SMILES string of the molecule is COC(=O)C(CNc1ccc2c(c1)CCO2)C(C)C. The van der Waals surface area contributed by atoms with Crippen molar-refractivity contribution < 1.29 is 14.3 Å². The maximum atomic E-state index is 11.7. The molecule has 1 aliphatic heterocycles. The Morgan fingerprint density at radius 1 is 1.47 bits per heavy atom. The Bertz CT molecular complexity index is 457. The first kappa shape index (κ1) is 13.7. The minimum Gasteiger partial charge on any atom is -0.493 e. The van der Waals surface area contributed by atoms with Crippen molar-refractivity contribution in [1.29, 1.82) is 0 Å². The minimum atomic E-state index is -0.160. The summed E-state index contributed by atoms with van der Waals surface area (Å²) in [5.41, 5.74) is 2.25. The highest BCUT2D eigenvalue weighted by molar-refractivity contribution is 5.73. The zero-order valence-electron chi connectivity index (χ0n) is 11.7. The van der Waals surface area contributed by atoms with Crippen LogP contribution in [0.3, 0.4) is 0 Å². The van der Waals surface area contributed by atoms with Crippen LogP contribution in [-0.4, -0.2) is 26.2 Å². The van der Waals surface area contributed by atoms with E-state index >= 15 is 0 Å². The number of rotatable bonds is 5. The lowest BCUT2D eigenvalue weighted by molar-refractivity contribution is -0.146. The average molecular weight is 263 g/mol. The van der Waals surface area contributed by atoms with Gasteiger partial charge in [-0.05, 0) is 29.7 Å². The molecule has 0 amide bonds. The number of hydrogen-bond donors (Lipinski definition) is 1. The average Bonchev–Trinajstić information content (AvgIpc) is 2.85. The van der Waals surface area contributed by atoms with Gasteiger partial charge in [0.1, 0.15) is 5.75 Å². The van der Waals surface area contributed by atoms with Crippen molar-refractivity contribution in [3.05, 3.63) is 23.8 Å². The van der Waals surface area contributed by atoms with E-state index in [1.165, 1.54) is 12.7 Å². The van der Waals surface area contributed by atoms with Crippen LogP contribution in [0.2, 0.25) is 0 Å². The Hall–Kier alpha value is -1.71. The van der Waals surface area contributed by atoms with E-state index in [4.69, 9.17) is 9.47 Å². The number of hydrogen-bond acceptors (Lipinski definition) is 4. The number of carbonyl (C=O) groups excluding carboxylic acids is 1. The normalized spacial score (nSPS) is 14.7. The maximum Gasteiger partial charge on any atom is 0.310 e. The van der Waals surface area contributed by atoms with Gasteiger partial charge in [-0.3, -0.25) is 4.79 Å². The highest BCUT2D eigenvalue weighted by Gasteiger charge is 2.22. The summed E-state index contributed by atoms with van der Waals surface area (Å²) in [4.78, 5) is 11.7. The molecule has 1 heterocycles. The quantitative estimate of drug-likeness (QED) is 0.829. The van der Waals surface area contributed by atoms with Crippen LogP contribution in [0, 0.1) is 11.8 Å². The highest BCUT2D eigenvalue weighted by Crippen LogP contribution is 2.28. The second kappa shape index (κ2) is 5.95. The predicted octanol–water partition coefficient (Wildman–Crippen LogP) is 2.48. The number of nitrogens with one attached hydrogen (secondary N) is 1. The highest BCUT2D eigenvalue weighted by atomic mass is 16.5. The van der Waals surface area contributed by atoms with Crippen LogP contribution in [0.25, 0.3) is 0 Å². The van der Waals surface area contributed by atoms with E-state index in [2.05, 4.69) is 11.4 Å². The van der Waals surface area contributed by atoms with Crippen molar-refractivity contribution in [2.75, 3.05) is 25.6 Å². The van der Waals surface area contributed by atoms with E-state index in [1.807, 2.05) is 26.0 Å². The first-order valence-corrected chi connectivity index (χ1v) is 6.69. The Kier molecular flexibility index (Phi) is 4.30. The molecule has 0 bridgehead atoms. The van der Waals surface area contributed by atoms with Crippen molar-refractivity contribution in [3.8, 4) is 5.75 Å². The molecule has 19 heavy (non-hydrogen) atoms. The van der Waals surface area contributed by atoms with Gasteiger partial charge in [0.15, 0.2) is 0 Å². The summed E-state index contributed by atoms with van der Waals surface area (Å²) >= 11 is 0. The van der Waals surface area contributed by atoms with Crippen LogP contribution < -0.4 is 10.1 Å². The molecule has 1 atom stereocenters. The van der Waals surface area contributed by atoms with E-state index < -0.39 is 0 Å². The van der Waals surface area contributed by atoms with Gasteiger partial charge >= 0.3 is 5.97 Å². The van der Waals surface area contributed by atoms with Gasteiger partial charge < -0.3 is 14.8 Å². The summed E-state index contributed by atoms with van der Waals surface area (Å²) in [6.07, 6.45) is 0.954. The molecule has 1 aromatic rings. The largest absolute Gasteiger partial charge is 0.493 e. The third-order valence-electron chi connectivity index (χ3n) is 3.52. The molecule has 2 rings (SSSR count). The molecular formula is C15H21NO3. The van der Waals surface area contributed by atoms with Gasteiger partial charge in [0, 0.05) is 18.7 Å². The fourth-order valence-corrected chi connectivity index (χ4v) is 2.27. The van der Waals surface area contributed by atoms with Crippen molar-refractivity contribution in [3.63, 3.8) is 0 Å². The fraction of sp³-hybridized carbons (Fsp3) is 0.533. The van der Waals surface area contributed by atoms with Crippen molar-refractivity contribution in [1.82, 2.24) is 0 Å². The lowest BCUT2D eigenvalue weighted by atomic mass is 9.96. The van der Waals surface area contributed by atoms with Gasteiger partial charge in [0.25, 0.3) is 0 Å². The smallest absolute Gasteiger partial charge is 0.310 e. The zero-order chi connectivity index (χ0) is 13.8. The topological polar surface area (TPSA) is 47.6 Å². The molecule has 0 spiro atoms. The monoisotopic (exact) mass is 263 g/mol. The van der Waals surface area contributed by atoms with Crippen LogP contribution in [0.15, 0.2) is 18.2 Å². The van der Waals surface area contributed by atoms with Crippen LogP contribution >= 0.6 is 0 Å². The summed E-state index contributed by atoms with van der Waals surface area (Å²) in [5, 5.41) is 3.31. The predicted molar refractivity (Wildman–Crippen MR) is 74.5 cm³/mol. The van der Waals surface area contributed by atoms with Gasteiger partial charge in [0.05, 0.1) is 19.6 Å². The molecule has 1 N–H and O–H groups in total. The van der Waals surface area contributed by atoms with Gasteiger partial charge in [-0.15, -0.1) is 0 Å². The van der Waals surface area contributed by atoms with Crippen LogP contribution in [0.4, 0.5) is 5.69 Å². The Morgan fingerprint density at radius 3 is 2.95 bits per heavy atom. The summed E-state index contributed by atoms with van der Waals surface area (Å²) in [6, 6.07) is 6.06. The number of fused-ring (bicyclic) bond motifs is 1. The van der Waals surface area contributed by atoms with E-state index in [9.17, 15) is 4.79 Å². The van der Waals surface area contributed by atoms with Crippen LogP contribution in [-0.2, 0) is 16.0 Å². The first-order valence-electron chi connectivity index (χ1n) is 6.69.